The smallest absolute Gasteiger partial charge is 0.250 e. The van der Waals surface area contributed by atoms with E-state index in [0.717, 1.165) is 31.6 Å². The predicted molar refractivity (Wildman–Crippen MR) is 83.0 cm³/mol. The third-order valence-electron chi connectivity index (χ3n) is 3.88. The minimum atomic E-state index is -0.460. The molecule has 0 bridgehead atoms. The number of nitrogens with two attached hydrogens (primary N) is 2. The summed E-state index contributed by atoms with van der Waals surface area (Å²) in [6, 6.07) is 5.26. The van der Waals surface area contributed by atoms with Gasteiger partial charge in [0.1, 0.15) is 0 Å². The van der Waals surface area contributed by atoms with E-state index in [-0.39, 0.29) is 5.91 Å². The van der Waals surface area contributed by atoms with Crippen LogP contribution in [0.25, 0.3) is 0 Å². The summed E-state index contributed by atoms with van der Waals surface area (Å²) >= 11 is 0. The predicted octanol–water partition coefficient (Wildman–Crippen LogP) is 0.720. The Kier molecular flexibility index (Phi) is 4.67. The van der Waals surface area contributed by atoms with Crippen LogP contribution < -0.4 is 21.7 Å². The maximum absolute atomic E-state index is 11.6. The molecule has 0 spiro atoms. The van der Waals surface area contributed by atoms with Crippen molar-refractivity contribution >= 4 is 23.2 Å². The standard InChI is InChI=1S/C15H22N4O2/c1-10(20)18-9-11-4-6-19(7-5-11)14-3-2-12(16)8-13(14)15(17)21/h2-3,8,11H,4-7,9,16H2,1H3,(H2,17,21)(H,18,20). The van der Waals surface area contributed by atoms with E-state index in [9.17, 15) is 9.59 Å². The molecule has 1 aliphatic rings. The number of nitrogens with zero attached hydrogens (tertiary/aromatic N) is 1. The van der Waals surface area contributed by atoms with Gasteiger partial charge in [-0.05, 0) is 37.0 Å². The molecule has 0 aromatic heterocycles. The van der Waals surface area contributed by atoms with E-state index < -0.39 is 5.91 Å². The Morgan fingerprint density at radius 3 is 2.57 bits per heavy atom. The van der Waals surface area contributed by atoms with E-state index >= 15 is 0 Å². The third kappa shape index (κ3) is 3.87. The highest BCUT2D eigenvalue weighted by Gasteiger charge is 2.22. The van der Waals surface area contributed by atoms with Crippen molar-refractivity contribution in [2.75, 3.05) is 30.3 Å². The topological polar surface area (TPSA) is 101 Å². The quantitative estimate of drug-likeness (QED) is 0.711. The molecule has 6 heteroatoms. The largest absolute Gasteiger partial charge is 0.399 e. The minimum absolute atomic E-state index is 0.00646. The number of carbonyl (C=O) groups is 2. The van der Waals surface area contributed by atoms with Crippen molar-refractivity contribution < 1.29 is 9.59 Å². The molecule has 2 amide bonds. The third-order valence-corrected chi connectivity index (χ3v) is 3.88. The van der Waals surface area contributed by atoms with Gasteiger partial charge in [-0.15, -0.1) is 0 Å². The van der Waals surface area contributed by atoms with Gasteiger partial charge in [-0.1, -0.05) is 0 Å². The first-order valence-electron chi connectivity index (χ1n) is 7.16. The van der Waals surface area contributed by atoms with E-state index in [1.807, 2.05) is 6.07 Å². The number of rotatable bonds is 4. The summed E-state index contributed by atoms with van der Waals surface area (Å²) in [5, 5.41) is 2.86. The Labute approximate surface area is 124 Å². The number of nitrogen functional groups attached to an aromatic ring is 1. The fourth-order valence-electron chi connectivity index (χ4n) is 2.69. The fraction of sp³-hybridized carbons (Fsp3) is 0.467. The molecule has 0 saturated carbocycles. The van der Waals surface area contributed by atoms with E-state index in [0.29, 0.717) is 23.7 Å². The molecule has 1 aliphatic heterocycles. The second-order valence-electron chi connectivity index (χ2n) is 5.51. The number of hydrogen-bond acceptors (Lipinski definition) is 4. The Bertz CT molecular complexity index is 536. The lowest BCUT2D eigenvalue weighted by molar-refractivity contribution is -0.119. The number of anilines is 2. The molecular formula is C15H22N4O2. The molecule has 21 heavy (non-hydrogen) atoms. The average Bonchev–Trinajstić information content (AvgIpc) is 2.45. The summed E-state index contributed by atoms with van der Waals surface area (Å²) in [7, 11) is 0. The zero-order chi connectivity index (χ0) is 15.4. The van der Waals surface area contributed by atoms with E-state index in [1.54, 1.807) is 12.1 Å². The van der Waals surface area contributed by atoms with Gasteiger partial charge in [0, 0.05) is 37.9 Å². The minimum Gasteiger partial charge on any atom is -0.399 e. The summed E-state index contributed by atoms with van der Waals surface area (Å²) in [6.45, 7) is 3.93. The first-order valence-corrected chi connectivity index (χ1v) is 7.16. The Hall–Kier alpha value is -2.24. The number of carbonyl (C=O) groups excluding carboxylic acids is 2. The lowest BCUT2D eigenvalue weighted by Crippen LogP contribution is -2.39. The van der Waals surface area contributed by atoms with Crippen molar-refractivity contribution in [2.45, 2.75) is 19.8 Å². The second-order valence-corrected chi connectivity index (χ2v) is 5.51. The van der Waals surface area contributed by atoms with Gasteiger partial charge in [0.25, 0.3) is 5.91 Å². The van der Waals surface area contributed by atoms with Gasteiger partial charge in [0.2, 0.25) is 5.91 Å². The molecule has 1 saturated heterocycles. The van der Waals surface area contributed by atoms with Crippen LogP contribution in [0.15, 0.2) is 18.2 Å². The van der Waals surface area contributed by atoms with Crippen LogP contribution >= 0.6 is 0 Å². The molecule has 1 heterocycles. The number of benzene rings is 1. The fourth-order valence-corrected chi connectivity index (χ4v) is 2.69. The highest BCUT2D eigenvalue weighted by atomic mass is 16.1. The van der Waals surface area contributed by atoms with Crippen molar-refractivity contribution in [1.82, 2.24) is 5.32 Å². The van der Waals surface area contributed by atoms with Crippen LogP contribution in [0.4, 0.5) is 11.4 Å². The van der Waals surface area contributed by atoms with Crippen LogP contribution in [0.1, 0.15) is 30.1 Å². The van der Waals surface area contributed by atoms with Crippen LogP contribution in [0.5, 0.6) is 0 Å². The van der Waals surface area contributed by atoms with Crippen molar-refractivity contribution in [3.8, 4) is 0 Å². The Morgan fingerprint density at radius 1 is 1.33 bits per heavy atom. The van der Waals surface area contributed by atoms with Gasteiger partial charge in [-0.25, -0.2) is 0 Å². The molecule has 0 radical (unpaired) electrons. The maximum Gasteiger partial charge on any atom is 0.250 e. The second kappa shape index (κ2) is 6.47. The molecule has 5 N–H and O–H groups in total. The summed E-state index contributed by atoms with van der Waals surface area (Å²) in [6.07, 6.45) is 1.95. The lowest BCUT2D eigenvalue weighted by atomic mass is 9.95. The molecule has 2 rings (SSSR count). The van der Waals surface area contributed by atoms with Gasteiger partial charge in [0.05, 0.1) is 5.56 Å². The molecule has 6 nitrogen and oxygen atoms in total. The highest BCUT2D eigenvalue weighted by Crippen LogP contribution is 2.27. The molecular weight excluding hydrogens is 268 g/mol. The first-order chi connectivity index (χ1) is 9.97. The molecule has 1 aromatic rings. The van der Waals surface area contributed by atoms with Gasteiger partial charge in [-0.2, -0.15) is 0 Å². The Balaban J connectivity index is 2.02. The zero-order valence-electron chi connectivity index (χ0n) is 12.3. The summed E-state index contributed by atoms with van der Waals surface area (Å²) < 4.78 is 0. The monoisotopic (exact) mass is 290 g/mol. The van der Waals surface area contributed by atoms with Crippen LogP contribution in [0.3, 0.4) is 0 Å². The van der Waals surface area contributed by atoms with Gasteiger partial charge < -0.3 is 21.7 Å². The number of amides is 2. The van der Waals surface area contributed by atoms with Crippen LogP contribution in [0.2, 0.25) is 0 Å². The van der Waals surface area contributed by atoms with Crippen LogP contribution in [-0.4, -0.2) is 31.4 Å². The number of piperidine rings is 1. The molecule has 0 unspecified atom stereocenters. The maximum atomic E-state index is 11.6. The van der Waals surface area contributed by atoms with Gasteiger partial charge in [-0.3, -0.25) is 9.59 Å². The highest BCUT2D eigenvalue weighted by molar-refractivity contribution is 5.99. The van der Waals surface area contributed by atoms with E-state index in [2.05, 4.69) is 10.2 Å². The van der Waals surface area contributed by atoms with Gasteiger partial charge in [0.15, 0.2) is 0 Å². The van der Waals surface area contributed by atoms with Crippen molar-refractivity contribution in [3.63, 3.8) is 0 Å². The molecule has 1 aromatic carbocycles. The molecule has 1 fully saturated rings. The average molecular weight is 290 g/mol. The van der Waals surface area contributed by atoms with Crippen LogP contribution in [0, 0.1) is 5.92 Å². The summed E-state index contributed by atoms with van der Waals surface area (Å²) in [4.78, 5) is 24.6. The first kappa shape index (κ1) is 15.2. The number of primary amides is 1. The van der Waals surface area contributed by atoms with Crippen molar-refractivity contribution in [2.24, 2.45) is 11.7 Å². The molecule has 0 aliphatic carbocycles. The SMILES string of the molecule is CC(=O)NCC1CCN(c2ccc(N)cc2C(N)=O)CC1. The van der Waals surface area contributed by atoms with E-state index in [1.165, 1.54) is 6.92 Å². The number of nitrogens with one attached hydrogen (secondary N) is 1. The van der Waals surface area contributed by atoms with Crippen molar-refractivity contribution in [1.29, 1.82) is 0 Å². The molecule has 0 atom stereocenters. The molecule has 114 valence electrons. The normalized spacial score (nSPS) is 15.8. The zero-order valence-corrected chi connectivity index (χ0v) is 12.3. The summed E-state index contributed by atoms with van der Waals surface area (Å²) in [5.41, 5.74) is 13.0. The van der Waals surface area contributed by atoms with Gasteiger partial charge >= 0.3 is 0 Å². The number of hydrogen-bond donors (Lipinski definition) is 3. The summed E-state index contributed by atoms with van der Waals surface area (Å²) in [5.74, 6) is 0.0283. The van der Waals surface area contributed by atoms with Crippen molar-refractivity contribution in [3.05, 3.63) is 23.8 Å². The van der Waals surface area contributed by atoms with Crippen LogP contribution in [-0.2, 0) is 4.79 Å². The Morgan fingerprint density at radius 2 is 2.00 bits per heavy atom. The lowest BCUT2D eigenvalue weighted by Gasteiger charge is -2.34. The van der Waals surface area contributed by atoms with E-state index in [4.69, 9.17) is 11.5 Å².